The molecule has 2 saturated heterocycles. The van der Waals surface area contributed by atoms with Crippen LogP contribution in [0.4, 0.5) is 27.8 Å². The van der Waals surface area contributed by atoms with Crippen molar-refractivity contribution in [2.24, 2.45) is 0 Å². The molecule has 0 unspecified atom stereocenters. The Morgan fingerprint density at radius 1 is 1.14 bits per heavy atom. The number of anilines is 4. The molecular formula is C26H34FN7O2. The highest BCUT2D eigenvalue weighted by atomic mass is 19.1. The zero-order valence-electron chi connectivity index (χ0n) is 21.1. The Kier molecular flexibility index (Phi) is 7.15. The van der Waals surface area contributed by atoms with Crippen LogP contribution in [0.1, 0.15) is 45.1 Å². The van der Waals surface area contributed by atoms with Gasteiger partial charge >= 0.3 is 0 Å². The molecule has 2 aliphatic rings. The molecule has 3 atom stereocenters. The molecule has 2 fully saturated rings. The molecule has 0 saturated carbocycles. The minimum absolute atomic E-state index is 0.111. The molecule has 2 aliphatic heterocycles. The third-order valence-corrected chi connectivity index (χ3v) is 7.08. The Labute approximate surface area is 210 Å². The summed E-state index contributed by atoms with van der Waals surface area (Å²) >= 11 is 0. The highest BCUT2D eigenvalue weighted by molar-refractivity contribution is 5.96. The van der Waals surface area contributed by atoms with Gasteiger partial charge in [0.2, 0.25) is 5.95 Å². The van der Waals surface area contributed by atoms with Crippen LogP contribution >= 0.6 is 0 Å². The maximum Gasteiger partial charge on any atom is 0.227 e. The molecule has 5 heterocycles. The van der Waals surface area contributed by atoms with Crippen LogP contribution in [0.25, 0.3) is 10.8 Å². The van der Waals surface area contributed by atoms with E-state index >= 15 is 0 Å². The van der Waals surface area contributed by atoms with Gasteiger partial charge in [0, 0.05) is 43.1 Å². The summed E-state index contributed by atoms with van der Waals surface area (Å²) in [6, 6.07) is 4.32. The van der Waals surface area contributed by atoms with E-state index in [4.69, 9.17) is 14.8 Å². The highest BCUT2D eigenvalue weighted by Crippen LogP contribution is 2.35. The molecule has 0 radical (unpaired) electrons. The Bertz CT molecular complexity index is 1210. The van der Waals surface area contributed by atoms with Crippen molar-refractivity contribution in [2.45, 2.75) is 57.8 Å². The van der Waals surface area contributed by atoms with Gasteiger partial charge in [0.25, 0.3) is 0 Å². The van der Waals surface area contributed by atoms with Crippen LogP contribution in [0.3, 0.4) is 0 Å². The molecule has 9 nitrogen and oxygen atoms in total. The van der Waals surface area contributed by atoms with Crippen LogP contribution in [-0.4, -0.2) is 76.2 Å². The number of rotatable bonds is 8. The average Bonchev–Trinajstić information content (AvgIpc) is 2.87. The minimum Gasteiger partial charge on any atom is -0.394 e. The molecule has 192 valence electrons. The number of aromatic nitrogens is 4. The molecule has 0 bridgehead atoms. The van der Waals surface area contributed by atoms with E-state index in [1.54, 1.807) is 12.3 Å². The Balaban J connectivity index is 1.37. The molecule has 5 rings (SSSR count). The van der Waals surface area contributed by atoms with Gasteiger partial charge in [-0.2, -0.15) is 4.98 Å². The van der Waals surface area contributed by atoms with Gasteiger partial charge in [-0.25, -0.2) is 19.3 Å². The fourth-order valence-electron chi connectivity index (χ4n) is 4.89. The molecule has 0 aromatic carbocycles. The summed E-state index contributed by atoms with van der Waals surface area (Å²) in [7, 11) is 0. The second-order valence-electron chi connectivity index (χ2n) is 9.89. The monoisotopic (exact) mass is 495 g/mol. The van der Waals surface area contributed by atoms with Gasteiger partial charge in [-0.3, -0.25) is 0 Å². The fraction of sp³-hybridized carbons (Fsp3) is 0.538. The van der Waals surface area contributed by atoms with E-state index in [0.29, 0.717) is 42.5 Å². The van der Waals surface area contributed by atoms with Crippen molar-refractivity contribution >= 4 is 34.2 Å². The maximum absolute atomic E-state index is 14.6. The Morgan fingerprint density at radius 2 is 2.00 bits per heavy atom. The lowest BCUT2D eigenvalue weighted by Gasteiger charge is -2.40. The standard InChI is InChI=1S/C26H34FN7O2/c1-16(2)19-13-30-25(34-9-5-17(34)3)20-14-29-24(12-18(19)20)31-23-4-7-28-26(32-23)33-8-6-22(21(27)15-33)36-11-10-35/h4,7,12-14,16-17,21-22,35H,5-6,8-11,15H2,1-3H3,(H,28,29,31,32)/t17-,21+,22-/m1/s1. The third-order valence-electron chi connectivity index (χ3n) is 7.08. The first-order valence-corrected chi connectivity index (χ1v) is 12.7. The highest BCUT2D eigenvalue weighted by Gasteiger charge is 2.31. The summed E-state index contributed by atoms with van der Waals surface area (Å²) in [5, 5.41) is 14.4. The van der Waals surface area contributed by atoms with Crippen LogP contribution in [0.15, 0.2) is 30.7 Å². The second kappa shape index (κ2) is 10.5. The largest absolute Gasteiger partial charge is 0.394 e. The number of aliphatic hydroxyl groups is 1. The first kappa shape index (κ1) is 24.6. The zero-order chi connectivity index (χ0) is 25.2. The normalized spacial score (nSPS) is 22.2. The molecule has 3 aromatic heterocycles. The van der Waals surface area contributed by atoms with Gasteiger partial charge in [-0.15, -0.1) is 0 Å². The first-order valence-electron chi connectivity index (χ1n) is 12.7. The van der Waals surface area contributed by atoms with Gasteiger partial charge in [0.1, 0.15) is 23.6 Å². The van der Waals surface area contributed by atoms with Gasteiger partial charge in [-0.1, -0.05) is 13.8 Å². The molecule has 36 heavy (non-hydrogen) atoms. The molecule has 10 heteroatoms. The van der Waals surface area contributed by atoms with Crippen LogP contribution in [0.2, 0.25) is 0 Å². The number of alkyl halides is 1. The van der Waals surface area contributed by atoms with Gasteiger partial charge in [0.15, 0.2) is 0 Å². The van der Waals surface area contributed by atoms with Crippen molar-refractivity contribution in [3.63, 3.8) is 0 Å². The van der Waals surface area contributed by atoms with Gasteiger partial charge < -0.3 is 25.0 Å². The van der Waals surface area contributed by atoms with Crippen LogP contribution in [-0.2, 0) is 4.74 Å². The lowest BCUT2D eigenvalue weighted by molar-refractivity contribution is -0.0262. The summed E-state index contributed by atoms with van der Waals surface area (Å²) in [5.74, 6) is 3.05. The number of hydrogen-bond acceptors (Lipinski definition) is 9. The zero-order valence-corrected chi connectivity index (χ0v) is 21.1. The van der Waals surface area contributed by atoms with E-state index in [1.807, 2.05) is 17.3 Å². The lowest BCUT2D eigenvalue weighted by atomic mass is 9.97. The molecule has 0 amide bonds. The molecular weight excluding hydrogens is 461 g/mol. The Morgan fingerprint density at radius 3 is 2.69 bits per heavy atom. The van der Waals surface area contributed by atoms with Crippen molar-refractivity contribution in [1.29, 1.82) is 0 Å². The van der Waals surface area contributed by atoms with Crippen molar-refractivity contribution < 1.29 is 14.2 Å². The van der Waals surface area contributed by atoms with Gasteiger partial charge in [-0.05, 0) is 48.8 Å². The molecule has 0 spiro atoms. The smallest absolute Gasteiger partial charge is 0.227 e. The van der Waals surface area contributed by atoms with Crippen LogP contribution < -0.4 is 15.1 Å². The predicted octanol–water partition coefficient (Wildman–Crippen LogP) is 3.81. The van der Waals surface area contributed by atoms with E-state index in [2.05, 4.69) is 52.0 Å². The Hall–Kier alpha value is -3.11. The second-order valence-corrected chi connectivity index (χ2v) is 9.89. The van der Waals surface area contributed by atoms with E-state index in [-0.39, 0.29) is 19.8 Å². The number of nitrogens with one attached hydrogen (secondary N) is 1. The van der Waals surface area contributed by atoms with E-state index in [0.717, 1.165) is 23.1 Å². The quantitative estimate of drug-likeness (QED) is 0.483. The number of hydrogen-bond donors (Lipinski definition) is 2. The van der Waals surface area contributed by atoms with Crippen molar-refractivity contribution in [2.75, 3.05) is 48.0 Å². The van der Waals surface area contributed by atoms with Gasteiger partial charge in [0.05, 0.1) is 25.9 Å². The van der Waals surface area contributed by atoms with Crippen molar-refractivity contribution in [3.8, 4) is 0 Å². The van der Waals surface area contributed by atoms with Crippen molar-refractivity contribution in [3.05, 3.63) is 36.3 Å². The number of fused-ring (bicyclic) bond motifs is 1. The SMILES string of the molecule is CC(C)c1cnc(N2CC[C@H]2C)c2cnc(Nc3ccnc(N4CC[C@@H](OCCO)[C@@H](F)C4)n3)cc12. The summed E-state index contributed by atoms with van der Waals surface area (Å²) in [6.07, 6.45) is 5.56. The lowest BCUT2D eigenvalue weighted by Crippen LogP contribution is -2.46. The summed E-state index contributed by atoms with van der Waals surface area (Å²) < 4.78 is 20.0. The average molecular weight is 496 g/mol. The number of pyridine rings is 2. The van der Waals surface area contributed by atoms with Crippen molar-refractivity contribution in [1.82, 2.24) is 19.9 Å². The molecule has 0 aliphatic carbocycles. The number of ether oxygens (including phenoxy) is 1. The number of piperidine rings is 1. The summed E-state index contributed by atoms with van der Waals surface area (Å²) in [6.45, 7) is 8.34. The topological polar surface area (TPSA) is 99.5 Å². The molecule has 3 aromatic rings. The first-order chi connectivity index (χ1) is 17.4. The fourth-order valence-corrected chi connectivity index (χ4v) is 4.89. The van der Waals surface area contributed by atoms with Crippen LogP contribution in [0.5, 0.6) is 0 Å². The minimum atomic E-state index is -1.17. The van der Waals surface area contributed by atoms with E-state index in [9.17, 15) is 4.39 Å². The maximum atomic E-state index is 14.6. The summed E-state index contributed by atoms with van der Waals surface area (Å²) in [5.41, 5.74) is 1.18. The number of halogens is 1. The number of nitrogens with zero attached hydrogens (tertiary/aromatic N) is 6. The molecule has 2 N–H and O–H groups in total. The van der Waals surface area contributed by atoms with E-state index < -0.39 is 12.3 Å². The summed E-state index contributed by atoms with van der Waals surface area (Å²) in [4.78, 5) is 22.6. The third kappa shape index (κ3) is 4.92. The van der Waals surface area contributed by atoms with Crippen LogP contribution in [0, 0.1) is 0 Å². The predicted molar refractivity (Wildman–Crippen MR) is 139 cm³/mol. The number of aliphatic hydroxyl groups excluding tert-OH is 1. The van der Waals surface area contributed by atoms with E-state index in [1.165, 1.54) is 12.0 Å².